The molecule has 4 aromatic carbocycles. The Hall–Kier alpha value is -5.06. The fourth-order valence-corrected chi connectivity index (χ4v) is 6.12. The normalized spacial score (nSPS) is 12.8. The highest BCUT2D eigenvalue weighted by Gasteiger charge is 2.50. The maximum Gasteiger partial charge on any atom is 0.203 e. The first-order valence-electron chi connectivity index (χ1n) is 14.4. The summed E-state index contributed by atoms with van der Waals surface area (Å²) in [6, 6.07) is 23.4. The Kier molecular flexibility index (Phi) is 8.34. The van der Waals surface area contributed by atoms with E-state index in [1.807, 2.05) is 66.7 Å². The van der Waals surface area contributed by atoms with Crippen molar-refractivity contribution in [3.63, 3.8) is 0 Å². The van der Waals surface area contributed by atoms with Gasteiger partial charge in [0, 0.05) is 5.56 Å². The van der Waals surface area contributed by atoms with Crippen molar-refractivity contribution in [3.8, 4) is 45.8 Å². The van der Waals surface area contributed by atoms with E-state index in [4.69, 9.17) is 38.4 Å². The van der Waals surface area contributed by atoms with E-state index in [0.717, 1.165) is 39.0 Å². The monoisotopic (exact) mass is 610 g/mol. The SMILES string of the molecule is COc1cc(C2(c3cc(OC)c(OCCO)c(OC)c3)c3ccccc3-c3nc4ccccc4nc32)cc(OC)c1OCCO. The fraction of sp³-hybridized carbons (Fsp3) is 0.257. The molecule has 1 aliphatic rings. The van der Waals surface area contributed by atoms with Gasteiger partial charge in [0.2, 0.25) is 11.5 Å². The van der Waals surface area contributed by atoms with Gasteiger partial charge in [0.15, 0.2) is 23.0 Å². The standard InChI is InChI=1S/C35H34N2O8/c1-40-27-17-21(18-28(41-2)32(27)44-15-13-38)35(22-19-29(42-3)33(45-16-14-39)30(20-22)43-4)24-10-6-5-9-23(24)31-34(35)37-26-12-8-7-11-25(26)36-31/h5-12,17-20,38-39H,13-16H2,1-4H3. The zero-order chi connectivity index (χ0) is 31.6. The van der Waals surface area contributed by atoms with Crippen LogP contribution in [0.4, 0.5) is 0 Å². The number of aliphatic hydroxyl groups is 2. The molecule has 1 aromatic heterocycles. The summed E-state index contributed by atoms with van der Waals surface area (Å²) in [5.41, 5.74) is 5.23. The summed E-state index contributed by atoms with van der Waals surface area (Å²) in [4.78, 5) is 10.4. The molecule has 0 amide bonds. The number of hydrogen-bond acceptors (Lipinski definition) is 10. The predicted molar refractivity (Wildman–Crippen MR) is 168 cm³/mol. The quantitative estimate of drug-likeness (QED) is 0.200. The molecule has 1 aliphatic carbocycles. The Morgan fingerprint density at radius 2 is 1.04 bits per heavy atom. The minimum Gasteiger partial charge on any atom is -0.493 e. The minimum atomic E-state index is -1.07. The summed E-state index contributed by atoms with van der Waals surface area (Å²) in [6.07, 6.45) is 0. The van der Waals surface area contributed by atoms with Crippen LogP contribution in [0.5, 0.6) is 34.5 Å². The molecule has 1 heterocycles. The topological polar surface area (TPSA) is 122 Å². The molecule has 0 aliphatic heterocycles. The summed E-state index contributed by atoms with van der Waals surface area (Å²) in [5.74, 6) is 2.40. The number of methoxy groups -OCH3 is 4. The molecule has 0 spiro atoms. The summed E-state index contributed by atoms with van der Waals surface area (Å²) >= 11 is 0. The molecule has 0 fully saturated rings. The molecule has 2 N–H and O–H groups in total. The van der Waals surface area contributed by atoms with Crippen LogP contribution in [0.25, 0.3) is 22.3 Å². The molecular formula is C35H34N2O8. The molecule has 0 bridgehead atoms. The van der Waals surface area contributed by atoms with Crippen molar-refractivity contribution in [2.45, 2.75) is 5.41 Å². The van der Waals surface area contributed by atoms with Crippen LogP contribution in [0.15, 0.2) is 72.8 Å². The van der Waals surface area contributed by atoms with E-state index in [0.29, 0.717) is 40.2 Å². The second kappa shape index (κ2) is 12.5. The van der Waals surface area contributed by atoms with Crippen molar-refractivity contribution in [2.24, 2.45) is 0 Å². The van der Waals surface area contributed by atoms with E-state index < -0.39 is 5.41 Å². The third-order valence-corrected chi connectivity index (χ3v) is 7.97. The van der Waals surface area contributed by atoms with E-state index in [2.05, 4.69) is 6.07 Å². The highest BCUT2D eigenvalue weighted by molar-refractivity contribution is 5.88. The molecule has 232 valence electrons. The maximum atomic E-state index is 9.48. The summed E-state index contributed by atoms with van der Waals surface area (Å²) < 4.78 is 35.1. The van der Waals surface area contributed by atoms with Gasteiger partial charge in [-0.3, -0.25) is 0 Å². The zero-order valence-corrected chi connectivity index (χ0v) is 25.5. The number of aliphatic hydroxyl groups excluding tert-OH is 2. The van der Waals surface area contributed by atoms with Crippen LogP contribution in [-0.4, -0.2) is 75.0 Å². The highest BCUT2D eigenvalue weighted by Crippen LogP contribution is 2.58. The van der Waals surface area contributed by atoms with E-state index in [9.17, 15) is 10.2 Å². The van der Waals surface area contributed by atoms with E-state index >= 15 is 0 Å². The molecule has 0 saturated carbocycles. The van der Waals surface area contributed by atoms with Gasteiger partial charge in [-0.15, -0.1) is 0 Å². The highest BCUT2D eigenvalue weighted by atomic mass is 16.5. The number of fused-ring (bicyclic) bond motifs is 4. The van der Waals surface area contributed by atoms with Crippen LogP contribution in [0, 0.1) is 0 Å². The third kappa shape index (κ3) is 4.83. The van der Waals surface area contributed by atoms with Crippen LogP contribution in [0.1, 0.15) is 22.4 Å². The predicted octanol–water partition coefficient (Wildman–Crippen LogP) is 4.77. The number of ether oxygens (including phenoxy) is 6. The second-order valence-electron chi connectivity index (χ2n) is 10.3. The van der Waals surface area contributed by atoms with Crippen LogP contribution >= 0.6 is 0 Å². The van der Waals surface area contributed by atoms with Gasteiger partial charge >= 0.3 is 0 Å². The third-order valence-electron chi connectivity index (χ3n) is 7.97. The largest absolute Gasteiger partial charge is 0.493 e. The van der Waals surface area contributed by atoms with Gasteiger partial charge in [0.25, 0.3) is 0 Å². The van der Waals surface area contributed by atoms with Crippen molar-refractivity contribution in [1.82, 2.24) is 9.97 Å². The second-order valence-corrected chi connectivity index (χ2v) is 10.3. The first-order valence-corrected chi connectivity index (χ1v) is 14.4. The maximum absolute atomic E-state index is 9.48. The van der Waals surface area contributed by atoms with Gasteiger partial charge in [0.1, 0.15) is 13.2 Å². The van der Waals surface area contributed by atoms with Gasteiger partial charge in [-0.1, -0.05) is 36.4 Å². The van der Waals surface area contributed by atoms with E-state index in [1.54, 1.807) is 28.4 Å². The van der Waals surface area contributed by atoms with Crippen molar-refractivity contribution in [2.75, 3.05) is 54.9 Å². The number of nitrogens with zero attached hydrogens (tertiary/aromatic N) is 2. The lowest BCUT2D eigenvalue weighted by Crippen LogP contribution is -2.30. The first-order chi connectivity index (χ1) is 22.0. The number of rotatable bonds is 12. The molecule has 10 nitrogen and oxygen atoms in total. The fourth-order valence-electron chi connectivity index (χ4n) is 6.12. The van der Waals surface area contributed by atoms with Crippen LogP contribution in [-0.2, 0) is 5.41 Å². The molecule has 6 rings (SSSR count). The van der Waals surface area contributed by atoms with E-state index in [-0.39, 0.29) is 26.4 Å². The Balaban J connectivity index is 1.77. The molecule has 0 unspecified atom stereocenters. The smallest absolute Gasteiger partial charge is 0.203 e. The van der Waals surface area contributed by atoms with Crippen molar-refractivity contribution >= 4 is 11.0 Å². The van der Waals surface area contributed by atoms with E-state index in [1.165, 1.54) is 0 Å². The number of benzene rings is 4. The number of hydrogen-bond donors (Lipinski definition) is 2. The first kappa shape index (κ1) is 30.0. The lowest BCUT2D eigenvalue weighted by molar-refractivity contribution is 0.191. The average molecular weight is 611 g/mol. The molecule has 0 radical (unpaired) electrons. The van der Waals surface area contributed by atoms with Crippen molar-refractivity contribution in [1.29, 1.82) is 0 Å². The molecule has 45 heavy (non-hydrogen) atoms. The molecular weight excluding hydrogens is 576 g/mol. The lowest BCUT2D eigenvalue weighted by atomic mass is 9.69. The van der Waals surface area contributed by atoms with Gasteiger partial charge in [-0.05, 0) is 53.1 Å². The van der Waals surface area contributed by atoms with Crippen LogP contribution in [0.2, 0.25) is 0 Å². The van der Waals surface area contributed by atoms with Gasteiger partial charge in [0.05, 0.1) is 69.5 Å². The molecule has 0 atom stereocenters. The Bertz CT molecular complexity index is 1740. The Morgan fingerprint density at radius 3 is 1.51 bits per heavy atom. The Labute approximate surface area is 260 Å². The van der Waals surface area contributed by atoms with Crippen LogP contribution in [0.3, 0.4) is 0 Å². The number of para-hydroxylation sites is 2. The number of aromatic nitrogens is 2. The molecule has 5 aromatic rings. The average Bonchev–Trinajstić information content (AvgIpc) is 3.37. The molecule has 10 heteroatoms. The van der Waals surface area contributed by atoms with Gasteiger partial charge < -0.3 is 38.6 Å². The molecule has 0 saturated heterocycles. The van der Waals surface area contributed by atoms with Gasteiger partial charge in [-0.2, -0.15) is 0 Å². The minimum absolute atomic E-state index is 0.0596. The Morgan fingerprint density at radius 1 is 0.600 bits per heavy atom. The van der Waals surface area contributed by atoms with Crippen molar-refractivity contribution < 1.29 is 38.6 Å². The summed E-state index contributed by atoms with van der Waals surface area (Å²) in [5, 5.41) is 19.0. The summed E-state index contributed by atoms with van der Waals surface area (Å²) in [6.45, 7) is -0.231. The lowest BCUT2D eigenvalue weighted by Gasteiger charge is -2.34. The summed E-state index contributed by atoms with van der Waals surface area (Å²) in [7, 11) is 6.22. The van der Waals surface area contributed by atoms with Crippen LogP contribution < -0.4 is 28.4 Å². The van der Waals surface area contributed by atoms with Crippen molar-refractivity contribution in [3.05, 3.63) is 95.2 Å². The van der Waals surface area contributed by atoms with Gasteiger partial charge in [-0.25, -0.2) is 9.97 Å². The zero-order valence-electron chi connectivity index (χ0n) is 25.5.